The Balaban J connectivity index is 2.23. The first-order chi connectivity index (χ1) is 13.4. The molecule has 0 saturated heterocycles. The molecule has 0 bridgehead atoms. The number of nitrogens with zero attached hydrogens (tertiary/aromatic N) is 2. The van der Waals surface area contributed by atoms with Gasteiger partial charge < -0.3 is 5.11 Å². The summed E-state index contributed by atoms with van der Waals surface area (Å²) in [5, 5.41) is 12.9. The van der Waals surface area contributed by atoms with E-state index in [0.29, 0.717) is 16.8 Å². The van der Waals surface area contributed by atoms with Gasteiger partial charge in [-0.15, -0.1) is 0 Å². The van der Waals surface area contributed by atoms with Crippen molar-refractivity contribution in [3.05, 3.63) is 61.9 Å². The maximum absolute atomic E-state index is 13.2. The standard InChI is InChI=1S/C16H12F6N4O3/c17-15(18,19)5-10(7-1-3-8(4-2-7)16(20,21)22)26-12-11(9(6-27)25-26)13(28)24-14(29)23-12/h1-4,10,27H,5-6H2,(H2,23,24,28,29). The Morgan fingerprint density at radius 2 is 1.66 bits per heavy atom. The second-order valence-electron chi connectivity index (χ2n) is 6.14. The van der Waals surface area contributed by atoms with E-state index in [9.17, 15) is 41.0 Å². The third-order valence-electron chi connectivity index (χ3n) is 4.16. The summed E-state index contributed by atoms with van der Waals surface area (Å²) in [6.45, 7) is -0.815. The van der Waals surface area contributed by atoms with Crippen molar-refractivity contribution < 1.29 is 31.4 Å². The molecular weight excluding hydrogens is 410 g/mol. The van der Waals surface area contributed by atoms with Gasteiger partial charge in [-0.3, -0.25) is 14.8 Å². The molecule has 1 aromatic carbocycles. The number of aliphatic hydroxyl groups is 1. The van der Waals surface area contributed by atoms with Gasteiger partial charge in [0.25, 0.3) is 5.56 Å². The summed E-state index contributed by atoms with van der Waals surface area (Å²) < 4.78 is 78.5. The number of halogens is 6. The van der Waals surface area contributed by atoms with Crippen molar-refractivity contribution in [3.63, 3.8) is 0 Å². The number of fused-ring (bicyclic) bond motifs is 1. The number of aliphatic hydroxyl groups excluding tert-OH is 1. The quantitative estimate of drug-likeness (QED) is 0.562. The molecule has 0 saturated carbocycles. The highest BCUT2D eigenvalue weighted by molar-refractivity contribution is 5.77. The van der Waals surface area contributed by atoms with Gasteiger partial charge in [0, 0.05) is 0 Å². The number of nitrogens with one attached hydrogen (secondary N) is 2. The van der Waals surface area contributed by atoms with Crippen LogP contribution in [0.1, 0.15) is 29.3 Å². The van der Waals surface area contributed by atoms with Gasteiger partial charge in [0.2, 0.25) is 0 Å². The fourth-order valence-corrected chi connectivity index (χ4v) is 2.94. The van der Waals surface area contributed by atoms with E-state index >= 15 is 0 Å². The number of rotatable bonds is 4. The normalized spacial score (nSPS) is 13.8. The van der Waals surface area contributed by atoms with E-state index in [1.165, 1.54) is 0 Å². The van der Waals surface area contributed by atoms with E-state index in [4.69, 9.17) is 0 Å². The largest absolute Gasteiger partial charge is 0.416 e. The first kappa shape index (κ1) is 20.6. The topological polar surface area (TPSA) is 104 Å². The van der Waals surface area contributed by atoms with Crippen LogP contribution < -0.4 is 11.2 Å². The number of benzene rings is 1. The minimum atomic E-state index is -4.76. The predicted molar refractivity (Wildman–Crippen MR) is 87.2 cm³/mol. The van der Waals surface area contributed by atoms with E-state index in [2.05, 4.69) is 10.1 Å². The molecule has 13 heteroatoms. The Labute approximate surface area is 156 Å². The molecule has 3 N–H and O–H groups in total. The lowest BCUT2D eigenvalue weighted by Gasteiger charge is -2.21. The predicted octanol–water partition coefficient (Wildman–Crippen LogP) is 2.47. The van der Waals surface area contributed by atoms with Crippen LogP contribution in [0.2, 0.25) is 0 Å². The summed E-state index contributed by atoms with van der Waals surface area (Å²) in [6.07, 6.45) is -11.0. The molecule has 0 radical (unpaired) electrons. The highest BCUT2D eigenvalue weighted by atomic mass is 19.4. The van der Waals surface area contributed by atoms with Gasteiger partial charge in [0.05, 0.1) is 24.6 Å². The first-order valence-corrected chi connectivity index (χ1v) is 7.99. The Morgan fingerprint density at radius 1 is 1.03 bits per heavy atom. The monoisotopic (exact) mass is 422 g/mol. The Morgan fingerprint density at radius 3 is 2.17 bits per heavy atom. The second-order valence-corrected chi connectivity index (χ2v) is 6.14. The molecule has 7 nitrogen and oxygen atoms in total. The van der Waals surface area contributed by atoms with E-state index in [-0.39, 0.29) is 16.6 Å². The lowest BCUT2D eigenvalue weighted by atomic mass is 10.0. The number of aromatic nitrogens is 4. The molecule has 0 aliphatic heterocycles. The van der Waals surface area contributed by atoms with E-state index < -0.39 is 53.9 Å². The van der Waals surface area contributed by atoms with E-state index in [1.807, 2.05) is 4.98 Å². The van der Waals surface area contributed by atoms with Gasteiger partial charge in [-0.05, 0) is 17.7 Å². The average molecular weight is 422 g/mol. The molecule has 0 fully saturated rings. The van der Waals surface area contributed by atoms with Crippen molar-refractivity contribution in [3.8, 4) is 0 Å². The zero-order chi connectivity index (χ0) is 21.6. The second kappa shape index (κ2) is 7.06. The molecule has 2 heterocycles. The summed E-state index contributed by atoms with van der Waals surface area (Å²) in [7, 11) is 0. The fourth-order valence-electron chi connectivity index (χ4n) is 2.94. The van der Waals surface area contributed by atoms with Gasteiger partial charge in [0.15, 0.2) is 0 Å². The van der Waals surface area contributed by atoms with Crippen molar-refractivity contribution in [1.82, 2.24) is 19.7 Å². The van der Waals surface area contributed by atoms with Crippen LogP contribution in [0.15, 0.2) is 33.9 Å². The lowest BCUT2D eigenvalue weighted by Crippen LogP contribution is -2.25. The molecular formula is C16H12F6N4O3. The van der Waals surface area contributed by atoms with Gasteiger partial charge in [-0.25, -0.2) is 9.48 Å². The third-order valence-corrected chi connectivity index (χ3v) is 4.16. The molecule has 2 aromatic heterocycles. The zero-order valence-electron chi connectivity index (χ0n) is 14.2. The summed E-state index contributed by atoms with van der Waals surface area (Å²) >= 11 is 0. The molecule has 0 spiro atoms. The van der Waals surface area contributed by atoms with Crippen molar-refractivity contribution in [2.75, 3.05) is 0 Å². The minimum Gasteiger partial charge on any atom is -0.390 e. The SMILES string of the molecule is O=c1[nH]c(=O)c2c(CO)nn(C(CC(F)(F)F)c3ccc(C(F)(F)F)cc3)c2[nH]1. The van der Waals surface area contributed by atoms with Crippen LogP contribution in [0.4, 0.5) is 26.3 Å². The summed E-state index contributed by atoms with van der Waals surface area (Å²) in [5.41, 5.74) is -3.93. The highest BCUT2D eigenvalue weighted by Crippen LogP contribution is 2.36. The van der Waals surface area contributed by atoms with Crippen LogP contribution in [0.25, 0.3) is 11.0 Å². The Kier molecular flexibility index (Phi) is 5.03. The van der Waals surface area contributed by atoms with Gasteiger partial charge in [0.1, 0.15) is 16.7 Å². The molecule has 1 atom stereocenters. The smallest absolute Gasteiger partial charge is 0.390 e. The molecule has 1 unspecified atom stereocenters. The minimum absolute atomic E-state index is 0.189. The van der Waals surface area contributed by atoms with Gasteiger partial charge >= 0.3 is 18.0 Å². The van der Waals surface area contributed by atoms with Crippen LogP contribution in [0.5, 0.6) is 0 Å². The molecule has 0 aliphatic rings. The number of H-pyrrole nitrogens is 2. The first-order valence-electron chi connectivity index (χ1n) is 7.99. The number of hydrogen-bond acceptors (Lipinski definition) is 4. The van der Waals surface area contributed by atoms with Crippen molar-refractivity contribution in [1.29, 1.82) is 0 Å². The van der Waals surface area contributed by atoms with E-state index in [0.717, 1.165) is 12.1 Å². The number of hydrogen-bond donors (Lipinski definition) is 3. The summed E-state index contributed by atoms with van der Waals surface area (Å²) in [6, 6.07) is 1.25. The van der Waals surface area contributed by atoms with E-state index in [1.54, 1.807) is 0 Å². The van der Waals surface area contributed by atoms with Crippen LogP contribution >= 0.6 is 0 Å². The average Bonchev–Trinajstić information content (AvgIpc) is 2.97. The Hall–Kier alpha value is -3.09. The van der Waals surface area contributed by atoms with Crippen LogP contribution in [-0.4, -0.2) is 31.0 Å². The lowest BCUT2D eigenvalue weighted by molar-refractivity contribution is -0.141. The summed E-state index contributed by atoms with van der Waals surface area (Å²) in [5.74, 6) is 0. The third kappa shape index (κ3) is 4.18. The van der Waals surface area contributed by atoms with Crippen molar-refractivity contribution in [2.45, 2.75) is 31.4 Å². The molecule has 0 aliphatic carbocycles. The van der Waals surface area contributed by atoms with Crippen LogP contribution in [0, 0.1) is 0 Å². The highest BCUT2D eigenvalue weighted by Gasteiger charge is 2.36. The maximum atomic E-state index is 13.2. The van der Waals surface area contributed by atoms with Gasteiger partial charge in [-0.1, -0.05) is 12.1 Å². The van der Waals surface area contributed by atoms with Crippen LogP contribution in [-0.2, 0) is 12.8 Å². The molecule has 0 amide bonds. The maximum Gasteiger partial charge on any atom is 0.416 e. The Bertz CT molecular complexity index is 1140. The fraction of sp³-hybridized carbons (Fsp3) is 0.312. The molecule has 156 valence electrons. The summed E-state index contributed by atoms with van der Waals surface area (Å²) in [4.78, 5) is 27.6. The van der Waals surface area contributed by atoms with Crippen molar-refractivity contribution in [2.24, 2.45) is 0 Å². The van der Waals surface area contributed by atoms with Crippen molar-refractivity contribution >= 4 is 11.0 Å². The van der Waals surface area contributed by atoms with Crippen LogP contribution in [0.3, 0.4) is 0 Å². The molecule has 3 rings (SSSR count). The number of alkyl halides is 6. The number of aromatic amines is 2. The zero-order valence-corrected chi connectivity index (χ0v) is 14.2. The molecule has 29 heavy (non-hydrogen) atoms. The van der Waals surface area contributed by atoms with Gasteiger partial charge in [-0.2, -0.15) is 31.4 Å². The molecule has 3 aromatic rings.